The summed E-state index contributed by atoms with van der Waals surface area (Å²) in [6.07, 6.45) is 2.11. The highest BCUT2D eigenvalue weighted by atomic mass is 15.2. The number of hydrogen-bond acceptors (Lipinski definition) is 2. The molecule has 1 N–H and O–H groups in total. The average molecular weight is 652 g/mol. The summed E-state index contributed by atoms with van der Waals surface area (Å²) in [5.74, 6) is 0.780. The molecular weight excluding hydrogens is 619 g/mol. The van der Waals surface area contributed by atoms with Gasteiger partial charge in [-0.25, -0.2) is 4.99 Å². The Kier molecular flexibility index (Phi) is 5.73. The zero-order valence-corrected chi connectivity index (χ0v) is 28.4. The minimum atomic E-state index is -0.138. The fourth-order valence-corrected chi connectivity index (χ4v) is 8.95. The Labute approximate surface area is 295 Å². The first-order valence-corrected chi connectivity index (χ1v) is 17.7. The van der Waals surface area contributed by atoms with E-state index in [0.29, 0.717) is 0 Å². The first-order chi connectivity index (χ1) is 25.1. The predicted molar refractivity (Wildman–Crippen MR) is 215 cm³/mol. The van der Waals surface area contributed by atoms with Gasteiger partial charge in [0.1, 0.15) is 0 Å². The highest BCUT2D eigenvalue weighted by Crippen LogP contribution is 2.51. The fourth-order valence-electron chi connectivity index (χ4n) is 8.95. The van der Waals surface area contributed by atoms with Crippen molar-refractivity contribution >= 4 is 72.0 Å². The van der Waals surface area contributed by atoms with Crippen LogP contribution in [0.15, 0.2) is 157 Å². The highest BCUT2D eigenvalue weighted by Gasteiger charge is 2.36. The smallest absolute Gasteiger partial charge is 0.212 e. The van der Waals surface area contributed by atoms with Crippen molar-refractivity contribution in [2.75, 3.05) is 0 Å². The van der Waals surface area contributed by atoms with E-state index in [9.17, 15) is 0 Å². The van der Waals surface area contributed by atoms with Gasteiger partial charge >= 0.3 is 0 Å². The van der Waals surface area contributed by atoms with Crippen LogP contribution < -0.4 is 15.8 Å². The van der Waals surface area contributed by atoms with Crippen LogP contribution in [0.25, 0.3) is 77.1 Å². The largest absolute Gasteiger partial charge is 0.331 e. The third-order valence-corrected chi connectivity index (χ3v) is 11.4. The Bertz CT molecular complexity index is 3130. The highest BCUT2D eigenvalue weighted by molar-refractivity contribution is 6.29. The Hall–Kier alpha value is -6.45. The van der Waals surface area contributed by atoms with E-state index < -0.39 is 0 Å². The van der Waals surface area contributed by atoms with Crippen LogP contribution in [0, 0.1) is 0 Å². The van der Waals surface area contributed by atoms with Crippen LogP contribution >= 0.6 is 0 Å². The van der Waals surface area contributed by atoms with Gasteiger partial charge in [0.25, 0.3) is 0 Å². The van der Waals surface area contributed by atoms with E-state index in [0.717, 1.165) is 38.7 Å². The molecule has 240 valence electrons. The van der Waals surface area contributed by atoms with Crippen molar-refractivity contribution in [3.8, 4) is 11.1 Å². The monoisotopic (exact) mass is 651 g/mol. The maximum atomic E-state index is 5.55. The second-order valence-corrected chi connectivity index (χ2v) is 14.5. The molecule has 8 aromatic carbocycles. The van der Waals surface area contributed by atoms with Crippen molar-refractivity contribution in [2.45, 2.75) is 19.3 Å². The normalized spacial score (nSPS) is 14.6. The molecule has 0 unspecified atom stereocenters. The van der Waals surface area contributed by atoms with Crippen LogP contribution in [-0.4, -0.2) is 10.5 Å². The molecule has 1 aliphatic carbocycles. The van der Waals surface area contributed by atoms with E-state index in [1.807, 2.05) is 0 Å². The molecule has 0 fully saturated rings. The van der Waals surface area contributed by atoms with Crippen LogP contribution in [0.1, 0.15) is 30.5 Å². The van der Waals surface area contributed by atoms with Crippen molar-refractivity contribution in [2.24, 2.45) is 4.99 Å². The minimum Gasteiger partial charge on any atom is -0.331 e. The zero-order valence-electron chi connectivity index (χ0n) is 28.4. The molecule has 2 heterocycles. The molecule has 0 amide bonds. The topological polar surface area (TPSA) is 29.3 Å². The molecule has 3 nitrogen and oxygen atoms in total. The molecule has 0 spiro atoms. The number of fused-ring (bicyclic) bond motifs is 13. The summed E-state index contributed by atoms with van der Waals surface area (Å²) in [5, 5.41) is 16.0. The van der Waals surface area contributed by atoms with Crippen LogP contribution in [0.3, 0.4) is 0 Å². The SMILES string of the molecule is CC1(C)c2ccccc2-c2cc3c4cc5c6ccccc6c6ccccc6c5cc4n(C4=NC(c5ccccc5)=c5ccccc5=CN4)c3cc21. The summed E-state index contributed by atoms with van der Waals surface area (Å²) in [7, 11) is 0. The molecule has 0 atom stereocenters. The van der Waals surface area contributed by atoms with E-state index in [1.165, 1.54) is 65.3 Å². The lowest BCUT2D eigenvalue weighted by Crippen LogP contribution is -2.29. The molecular formula is C48H33N3. The Morgan fingerprint density at radius 1 is 0.490 bits per heavy atom. The van der Waals surface area contributed by atoms with E-state index >= 15 is 0 Å². The number of nitrogens with zero attached hydrogens (tertiary/aromatic N) is 2. The molecule has 3 heteroatoms. The molecule has 11 rings (SSSR count). The number of nitrogens with one attached hydrogen (secondary N) is 1. The van der Waals surface area contributed by atoms with Gasteiger partial charge in [-0.3, -0.25) is 4.57 Å². The number of rotatable bonds is 1. The molecule has 0 radical (unpaired) electrons. The molecule has 0 saturated carbocycles. The van der Waals surface area contributed by atoms with Crippen molar-refractivity contribution in [1.29, 1.82) is 0 Å². The third-order valence-electron chi connectivity index (χ3n) is 11.4. The van der Waals surface area contributed by atoms with Gasteiger partial charge in [-0.1, -0.05) is 141 Å². The molecule has 0 saturated heterocycles. The standard InChI is InChI=1S/C48H33N3/c1-48(2)42-23-13-12-22-36(42)39-25-41-40-24-37-34-20-10-8-18-32(34)33-19-9-11-21-35(33)38(37)26-44(40)51(45(41)27-43(39)48)47-49-28-30-16-6-7-17-31(30)46(50-47)29-14-4-3-5-15-29/h3-28H,1-2H3,(H,49,50). The Balaban J connectivity index is 1.32. The van der Waals surface area contributed by atoms with Crippen molar-refractivity contribution in [1.82, 2.24) is 9.88 Å². The van der Waals surface area contributed by atoms with E-state index in [4.69, 9.17) is 4.99 Å². The first-order valence-electron chi connectivity index (χ1n) is 17.7. The van der Waals surface area contributed by atoms with Gasteiger partial charge in [0, 0.05) is 33.2 Å². The molecule has 1 aliphatic heterocycles. The molecule has 2 aliphatic rings. The van der Waals surface area contributed by atoms with E-state index in [2.05, 4.69) is 182 Å². The second-order valence-electron chi connectivity index (χ2n) is 14.5. The lowest BCUT2D eigenvalue weighted by Gasteiger charge is -2.21. The van der Waals surface area contributed by atoms with Gasteiger partial charge in [-0.2, -0.15) is 0 Å². The Morgan fingerprint density at radius 2 is 1.08 bits per heavy atom. The number of hydrogen-bond donors (Lipinski definition) is 1. The zero-order chi connectivity index (χ0) is 33.8. The lowest BCUT2D eigenvalue weighted by atomic mass is 9.82. The summed E-state index contributed by atoms with van der Waals surface area (Å²) in [6, 6.07) is 55.4. The molecule has 51 heavy (non-hydrogen) atoms. The van der Waals surface area contributed by atoms with Crippen molar-refractivity contribution < 1.29 is 0 Å². The van der Waals surface area contributed by atoms with Crippen LogP contribution in [0.5, 0.6) is 0 Å². The maximum Gasteiger partial charge on any atom is 0.212 e. The minimum absolute atomic E-state index is 0.138. The first kappa shape index (κ1) is 28.4. The second kappa shape index (κ2) is 10.3. The van der Waals surface area contributed by atoms with Gasteiger partial charge in [0.2, 0.25) is 5.96 Å². The van der Waals surface area contributed by atoms with Gasteiger partial charge in [-0.05, 0) is 84.1 Å². The van der Waals surface area contributed by atoms with Crippen molar-refractivity contribution in [3.63, 3.8) is 0 Å². The van der Waals surface area contributed by atoms with Crippen molar-refractivity contribution in [3.05, 3.63) is 179 Å². The number of benzene rings is 8. The fraction of sp³-hybridized carbons (Fsp3) is 0.0625. The summed E-state index contributed by atoms with van der Waals surface area (Å²) < 4.78 is 2.37. The summed E-state index contributed by atoms with van der Waals surface area (Å²) >= 11 is 0. The van der Waals surface area contributed by atoms with E-state index in [1.54, 1.807) is 0 Å². The van der Waals surface area contributed by atoms with Crippen LogP contribution in [0.2, 0.25) is 0 Å². The predicted octanol–water partition coefficient (Wildman–Crippen LogP) is 9.96. The third kappa shape index (κ3) is 3.92. The van der Waals surface area contributed by atoms with Gasteiger partial charge in [0.15, 0.2) is 0 Å². The van der Waals surface area contributed by atoms with Gasteiger partial charge in [-0.15, -0.1) is 0 Å². The quantitative estimate of drug-likeness (QED) is 0.176. The van der Waals surface area contributed by atoms with Crippen LogP contribution in [0.4, 0.5) is 0 Å². The Morgan fingerprint density at radius 3 is 1.84 bits per heavy atom. The molecule has 0 bridgehead atoms. The van der Waals surface area contributed by atoms with Gasteiger partial charge in [0.05, 0.1) is 16.7 Å². The maximum absolute atomic E-state index is 5.55. The lowest BCUT2D eigenvalue weighted by molar-refractivity contribution is 0.661. The molecule has 9 aromatic rings. The summed E-state index contributed by atoms with van der Waals surface area (Å²) in [5.41, 5.74) is 9.53. The number of aromatic nitrogens is 1. The van der Waals surface area contributed by atoms with E-state index in [-0.39, 0.29) is 5.41 Å². The summed E-state index contributed by atoms with van der Waals surface area (Å²) in [6.45, 7) is 4.71. The van der Waals surface area contributed by atoms with Gasteiger partial charge < -0.3 is 5.32 Å². The summed E-state index contributed by atoms with van der Waals surface area (Å²) in [4.78, 5) is 5.55. The van der Waals surface area contributed by atoms with Crippen LogP contribution in [-0.2, 0) is 5.41 Å². The number of aliphatic imine (C=N–C) groups is 1. The molecule has 1 aromatic heterocycles. The average Bonchev–Trinajstić information content (AvgIpc) is 3.51.